The maximum Gasteiger partial charge on any atom is 0.116 e. The summed E-state index contributed by atoms with van der Waals surface area (Å²) in [5.41, 5.74) is 3.65. The number of hydrogen-bond acceptors (Lipinski definition) is 1. The van der Waals surface area contributed by atoms with Gasteiger partial charge >= 0.3 is 0 Å². The molecule has 0 amide bonds. The van der Waals surface area contributed by atoms with Crippen LogP contribution in [0.3, 0.4) is 0 Å². The second-order valence-electron chi connectivity index (χ2n) is 5.77. The standard InChI is InChI=1S/C20H26O/c1-2-3-4-5-6-7-9-17-12-14-18(15-13-17)19-10-8-11-20(21)16-19/h8,10-16,21H,2-7,9H2,1H3. The zero-order valence-electron chi connectivity index (χ0n) is 13.0. The lowest BCUT2D eigenvalue weighted by Gasteiger charge is -2.05. The maximum atomic E-state index is 9.53. The summed E-state index contributed by atoms with van der Waals surface area (Å²) in [5, 5.41) is 9.53. The van der Waals surface area contributed by atoms with Crippen molar-refractivity contribution >= 4 is 0 Å². The Kier molecular flexibility index (Phi) is 6.33. The van der Waals surface area contributed by atoms with E-state index >= 15 is 0 Å². The number of hydrogen-bond donors (Lipinski definition) is 1. The van der Waals surface area contributed by atoms with E-state index in [1.54, 1.807) is 6.07 Å². The molecule has 0 heterocycles. The predicted octanol–water partition coefficient (Wildman–Crippen LogP) is 5.96. The topological polar surface area (TPSA) is 20.2 Å². The summed E-state index contributed by atoms with van der Waals surface area (Å²) >= 11 is 0. The van der Waals surface area contributed by atoms with Gasteiger partial charge in [0.25, 0.3) is 0 Å². The van der Waals surface area contributed by atoms with E-state index in [0.717, 1.165) is 11.1 Å². The van der Waals surface area contributed by atoms with Gasteiger partial charge in [0, 0.05) is 0 Å². The minimum Gasteiger partial charge on any atom is -0.508 e. The van der Waals surface area contributed by atoms with E-state index in [9.17, 15) is 5.11 Å². The molecule has 0 atom stereocenters. The summed E-state index contributed by atoms with van der Waals surface area (Å²) in [6.07, 6.45) is 9.24. The van der Waals surface area contributed by atoms with Crippen molar-refractivity contribution in [1.29, 1.82) is 0 Å². The van der Waals surface area contributed by atoms with E-state index in [4.69, 9.17) is 0 Å². The Hall–Kier alpha value is -1.76. The van der Waals surface area contributed by atoms with Gasteiger partial charge in [-0.2, -0.15) is 0 Å². The summed E-state index contributed by atoms with van der Waals surface area (Å²) in [6, 6.07) is 16.2. The smallest absolute Gasteiger partial charge is 0.116 e. The minimum atomic E-state index is 0.323. The minimum absolute atomic E-state index is 0.323. The quantitative estimate of drug-likeness (QED) is 0.592. The van der Waals surface area contributed by atoms with Crippen LogP contribution < -0.4 is 0 Å². The first-order valence-corrected chi connectivity index (χ1v) is 8.18. The average Bonchev–Trinajstić information content (AvgIpc) is 2.51. The molecule has 0 unspecified atom stereocenters. The van der Waals surface area contributed by atoms with Crippen molar-refractivity contribution in [3.8, 4) is 16.9 Å². The second-order valence-corrected chi connectivity index (χ2v) is 5.77. The zero-order chi connectivity index (χ0) is 14.9. The average molecular weight is 282 g/mol. The first kappa shape index (κ1) is 15.6. The van der Waals surface area contributed by atoms with E-state index in [0.29, 0.717) is 5.75 Å². The highest BCUT2D eigenvalue weighted by molar-refractivity contribution is 5.65. The summed E-state index contributed by atoms with van der Waals surface area (Å²) < 4.78 is 0. The van der Waals surface area contributed by atoms with Gasteiger partial charge in [-0.15, -0.1) is 0 Å². The van der Waals surface area contributed by atoms with Gasteiger partial charge in [0.05, 0.1) is 0 Å². The molecule has 0 spiro atoms. The summed E-state index contributed by atoms with van der Waals surface area (Å²) in [6.45, 7) is 2.26. The van der Waals surface area contributed by atoms with Crippen molar-refractivity contribution in [2.75, 3.05) is 0 Å². The molecule has 1 N–H and O–H groups in total. The van der Waals surface area contributed by atoms with Crippen LogP contribution in [-0.4, -0.2) is 5.11 Å². The monoisotopic (exact) mass is 282 g/mol. The van der Waals surface area contributed by atoms with E-state index < -0.39 is 0 Å². The van der Waals surface area contributed by atoms with Crippen molar-refractivity contribution < 1.29 is 5.11 Å². The van der Waals surface area contributed by atoms with E-state index in [2.05, 4.69) is 31.2 Å². The van der Waals surface area contributed by atoms with Gasteiger partial charge in [0.15, 0.2) is 0 Å². The first-order valence-electron chi connectivity index (χ1n) is 8.18. The SMILES string of the molecule is CCCCCCCCc1ccc(-c2cccc(O)c2)cc1. The largest absolute Gasteiger partial charge is 0.508 e. The van der Waals surface area contributed by atoms with Crippen molar-refractivity contribution in [2.24, 2.45) is 0 Å². The Bertz CT molecular complexity index is 528. The fraction of sp³-hybridized carbons (Fsp3) is 0.400. The maximum absolute atomic E-state index is 9.53. The molecule has 0 aliphatic heterocycles. The fourth-order valence-corrected chi connectivity index (χ4v) is 2.66. The highest BCUT2D eigenvalue weighted by Crippen LogP contribution is 2.23. The van der Waals surface area contributed by atoms with Gasteiger partial charge in [-0.05, 0) is 41.7 Å². The first-order chi connectivity index (χ1) is 10.3. The summed E-state index contributed by atoms with van der Waals surface area (Å²) in [5.74, 6) is 0.323. The number of phenols is 1. The zero-order valence-corrected chi connectivity index (χ0v) is 13.0. The molecule has 0 fully saturated rings. The number of phenolic OH excluding ortho intramolecular Hbond substituents is 1. The third-order valence-electron chi connectivity index (χ3n) is 3.95. The molecule has 0 saturated carbocycles. The normalized spacial score (nSPS) is 10.7. The van der Waals surface area contributed by atoms with Crippen LogP contribution in [0.25, 0.3) is 11.1 Å². The molecule has 0 saturated heterocycles. The molecule has 21 heavy (non-hydrogen) atoms. The highest BCUT2D eigenvalue weighted by Gasteiger charge is 1.99. The van der Waals surface area contributed by atoms with Crippen LogP contribution >= 0.6 is 0 Å². The van der Waals surface area contributed by atoms with Crippen LogP contribution in [0, 0.1) is 0 Å². The molecule has 0 bridgehead atoms. The number of benzene rings is 2. The Morgan fingerprint density at radius 1 is 0.762 bits per heavy atom. The van der Waals surface area contributed by atoms with Crippen LogP contribution in [0.4, 0.5) is 0 Å². The molecule has 112 valence electrons. The molecule has 1 nitrogen and oxygen atoms in total. The van der Waals surface area contributed by atoms with Gasteiger partial charge in [-0.25, -0.2) is 0 Å². The number of aromatic hydroxyl groups is 1. The van der Waals surface area contributed by atoms with Gasteiger partial charge in [-0.3, -0.25) is 0 Å². The lowest BCUT2D eigenvalue weighted by atomic mass is 10.0. The van der Waals surface area contributed by atoms with Crippen LogP contribution in [0.2, 0.25) is 0 Å². The Morgan fingerprint density at radius 3 is 2.19 bits per heavy atom. The van der Waals surface area contributed by atoms with Gasteiger partial charge in [0.1, 0.15) is 5.75 Å². The summed E-state index contributed by atoms with van der Waals surface area (Å²) in [4.78, 5) is 0. The molecule has 0 radical (unpaired) electrons. The molecule has 2 aromatic carbocycles. The molecular weight excluding hydrogens is 256 g/mol. The third kappa shape index (κ3) is 5.26. The lowest BCUT2D eigenvalue weighted by molar-refractivity contribution is 0.475. The van der Waals surface area contributed by atoms with Crippen molar-refractivity contribution in [1.82, 2.24) is 0 Å². The second kappa shape index (κ2) is 8.51. The lowest BCUT2D eigenvalue weighted by Crippen LogP contribution is -1.87. The Labute approximate surface area is 128 Å². The molecule has 0 aliphatic carbocycles. The van der Waals surface area contributed by atoms with Crippen molar-refractivity contribution in [2.45, 2.75) is 51.9 Å². The Balaban J connectivity index is 1.82. The van der Waals surface area contributed by atoms with E-state index in [1.165, 1.54) is 50.5 Å². The molecule has 2 aromatic rings. The van der Waals surface area contributed by atoms with Crippen LogP contribution in [0.1, 0.15) is 51.0 Å². The molecule has 1 heteroatoms. The van der Waals surface area contributed by atoms with E-state index in [-0.39, 0.29) is 0 Å². The molecular formula is C20H26O. The molecule has 0 aliphatic rings. The van der Waals surface area contributed by atoms with Crippen LogP contribution in [0.5, 0.6) is 5.75 Å². The summed E-state index contributed by atoms with van der Waals surface area (Å²) in [7, 11) is 0. The predicted molar refractivity (Wildman–Crippen MR) is 90.6 cm³/mol. The van der Waals surface area contributed by atoms with Crippen molar-refractivity contribution in [3.05, 3.63) is 54.1 Å². The van der Waals surface area contributed by atoms with Crippen molar-refractivity contribution in [3.63, 3.8) is 0 Å². The van der Waals surface area contributed by atoms with Crippen LogP contribution in [0.15, 0.2) is 48.5 Å². The third-order valence-corrected chi connectivity index (χ3v) is 3.95. The number of rotatable bonds is 8. The molecule has 2 rings (SSSR count). The fourth-order valence-electron chi connectivity index (χ4n) is 2.66. The number of unbranched alkanes of at least 4 members (excludes halogenated alkanes) is 5. The van der Waals surface area contributed by atoms with Gasteiger partial charge < -0.3 is 5.11 Å². The van der Waals surface area contributed by atoms with E-state index in [1.807, 2.05) is 18.2 Å². The Morgan fingerprint density at radius 2 is 1.48 bits per heavy atom. The molecule has 0 aromatic heterocycles. The van der Waals surface area contributed by atoms with Crippen LogP contribution in [-0.2, 0) is 6.42 Å². The van der Waals surface area contributed by atoms with Gasteiger partial charge in [-0.1, -0.05) is 75.4 Å². The number of aryl methyl sites for hydroxylation is 1. The van der Waals surface area contributed by atoms with Gasteiger partial charge in [0.2, 0.25) is 0 Å². The highest BCUT2D eigenvalue weighted by atomic mass is 16.3.